The van der Waals surface area contributed by atoms with E-state index < -0.39 is 0 Å². The van der Waals surface area contributed by atoms with Crippen LogP contribution in [0.4, 0.5) is 11.4 Å². The molecule has 1 aromatic rings. The number of aliphatic hydroxyl groups is 2. The third-order valence-corrected chi connectivity index (χ3v) is 7.86. The van der Waals surface area contributed by atoms with Crippen molar-refractivity contribution in [1.29, 1.82) is 0 Å². The van der Waals surface area contributed by atoms with Crippen molar-refractivity contribution < 1.29 is 10.2 Å². The lowest BCUT2D eigenvalue weighted by Gasteiger charge is -2.58. The van der Waals surface area contributed by atoms with Gasteiger partial charge in [-0.2, -0.15) is 0 Å². The summed E-state index contributed by atoms with van der Waals surface area (Å²) in [5.41, 5.74) is 16.4. The van der Waals surface area contributed by atoms with Gasteiger partial charge in [0.1, 0.15) is 0 Å². The Morgan fingerprint density at radius 2 is 1.26 bits per heavy atom. The van der Waals surface area contributed by atoms with Crippen molar-refractivity contribution in [2.75, 3.05) is 24.7 Å². The maximum atomic E-state index is 9.93. The van der Waals surface area contributed by atoms with Crippen molar-refractivity contribution in [3.8, 4) is 0 Å². The predicted molar refractivity (Wildman–Crippen MR) is 89.7 cm³/mol. The van der Waals surface area contributed by atoms with E-state index in [1.165, 1.54) is 30.4 Å². The van der Waals surface area contributed by atoms with Gasteiger partial charge in [0.25, 0.3) is 0 Å². The summed E-state index contributed by atoms with van der Waals surface area (Å²) in [5, 5.41) is 19.9. The van der Waals surface area contributed by atoms with Gasteiger partial charge < -0.3 is 21.7 Å². The van der Waals surface area contributed by atoms with Gasteiger partial charge in [-0.3, -0.25) is 0 Å². The van der Waals surface area contributed by atoms with E-state index in [-0.39, 0.29) is 25.0 Å². The molecule has 4 fully saturated rings. The Bertz CT molecular complexity index is 606. The van der Waals surface area contributed by atoms with Crippen LogP contribution < -0.4 is 11.5 Å². The molecule has 0 amide bonds. The van der Waals surface area contributed by atoms with Gasteiger partial charge >= 0.3 is 0 Å². The number of hydrogen-bond donors (Lipinski definition) is 4. The second-order valence-corrected chi connectivity index (χ2v) is 8.31. The van der Waals surface area contributed by atoms with Crippen molar-refractivity contribution in [3.63, 3.8) is 0 Å². The van der Waals surface area contributed by atoms with E-state index >= 15 is 0 Å². The fourth-order valence-corrected chi connectivity index (χ4v) is 7.22. The second kappa shape index (κ2) is 4.64. The zero-order valence-corrected chi connectivity index (χ0v) is 13.4. The molecule has 4 saturated carbocycles. The summed E-state index contributed by atoms with van der Waals surface area (Å²) in [6.07, 6.45) is 3.66. The van der Waals surface area contributed by atoms with E-state index in [1.54, 1.807) is 0 Å². The average Bonchev–Trinajstić information content (AvgIpc) is 3.13. The van der Waals surface area contributed by atoms with Crippen molar-refractivity contribution in [3.05, 3.63) is 23.3 Å². The van der Waals surface area contributed by atoms with Crippen LogP contribution in [0, 0.1) is 35.5 Å². The molecular formula is C19H26N2O2. The molecule has 6 rings (SSSR count). The Kier molecular flexibility index (Phi) is 2.85. The van der Waals surface area contributed by atoms with Crippen molar-refractivity contribution in [2.45, 2.75) is 31.1 Å². The third-order valence-electron chi connectivity index (χ3n) is 7.86. The lowest BCUT2D eigenvalue weighted by molar-refractivity contribution is -0.107. The van der Waals surface area contributed by atoms with Gasteiger partial charge in [0.2, 0.25) is 0 Å². The van der Waals surface area contributed by atoms with Gasteiger partial charge in [0.05, 0.1) is 11.4 Å². The highest BCUT2D eigenvalue weighted by molar-refractivity contribution is 5.68. The minimum atomic E-state index is 0.226. The predicted octanol–water partition coefficient (Wildman–Crippen LogP) is 1.92. The van der Waals surface area contributed by atoms with Crippen molar-refractivity contribution >= 4 is 11.4 Å². The normalized spacial score (nSPS) is 46.0. The molecule has 0 radical (unpaired) electrons. The summed E-state index contributed by atoms with van der Waals surface area (Å²) >= 11 is 0. The minimum Gasteiger partial charge on any atom is -0.397 e. The minimum absolute atomic E-state index is 0.226. The number of nitrogen functional groups attached to an aromatic ring is 2. The summed E-state index contributed by atoms with van der Waals surface area (Å²) in [6.45, 7) is 0.452. The molecule has 4 bridgehead atoms. The number of hydrogen-bond acceptors (Lipinski definition) is 4. The van der Waals surface area contributed by atoms with Crippen LogP contribution in [0.15, 0.2) is 12.1 Å². The van der Waals surface area contributed by atoms with Gasteiger partial charge in [0, 0.05) is 13.2 Å². The SMILES string of the molecule is Nc1cc2c(cc1N)[C@@H]1C[C@H]2[C@H]2[C@H]3CC[C@H]([C@@H](CO)[C@@H]3CO)[C@H]21. The lowest BCUT2D eigenvalue weighted by Crippen LogP contribution is -2.54. The molecule has 124 valence electrons. The smallest absolute Gasteiger partial charge is 0.0550 e. The molecule has 0 aromatic heterocycles. The van der Waals surface area contributed by atoms with Crippen LogP contribution in [0.25, 0.3) is 0 Å². The third kappa shape index (κ3) is 1.59. The molecule has 1 aromatic carbocycles. The first kappa shape index (κ1) is 14.1. The monoisotopic (exact) mass is 314 g/mol. The highest BCUT2D eigenvalue weighted by Gasteiger charge is 2.63. The highest BCUT2D eigenvalue weighted by Crippen LogP contribution is 2.71. The number of rotatable bonds is 2. The van der Waals surface area contributed by atoms with E-state index in [2.05, 4.69) is 12.1 Å². The molecule has 5 aliphatic carbocycles. The molecule has 0 saturated heterocycles. The number of nitrogens with two attached hydrogens (primary N) is 2. The molecule has 0 unspecified atom stereocenters. The standard InChI is InChI=1S/C19H26N2O2/c20-16-4-10-11(5-17(16)21)13-3-12(10)18-8-1-2-9(19(13)18)15(7-23)14(8)6-22/h4-5,8-9,12-15,18-19,22-23H,1-3,6-7,20-21H2/t8-,9+,12+,13-,14-,15-,18+,19-/m1/s1. The summed E-state index contributed by atoms with van der Waals surface area (Å²) in [4.78, 5) is 0. The fraction of sp³-hybridized carbons (Fsp3) is 0.684. The van der Waals surface area contributed by atoms with E-state index in [0.29, 0.717) is 46.9 Å². The number of fused-ring (bicyclic) bond motifs is 7. The Balaban J connectivity index is 1.62. The summed E-state index contributed by atoms with van der Waals surface area (Å²) in [7, 11) is 0. The maximum absolute atomic E-state index is 9.93. The van der Waals surface area contributed by atoms with Crippen LogP contribution in [0.1, 0.15) is 42.2 Å². The van der Waals surface area contributed by atoms with Crippen LogP contribution in [0.5, 0.6) is 0 Å². The Morgan fingerprint density at radius 1 is 0.826 bits per heavy atom. The summed E-state index contributed by atoms with van der Waals surface area (Å²) in [5.74, 6) is 4.23. The highest BCUT2D eigenvalue weighted by atomic mass is 16.3. The maximum Gasteiger partial charge on any atom is 0.0550 e. The van der Waals surface area contributed by atoms with Crippen LogP contribution in [-0.4, -0.2) is 23.4 Å². The first-order valence-corrected chi connectivity index (χ1v) is 9.06. The number of aliphatic hydroxyl groups excluding tert-OH is 2. The van der Waals surface area contributed by atoms with Gasteiger partial charge in [-0.25, -0.2) is 0 Å². The molecule has 0 spiro atoms. The largest absolute Gasteiger partial charge is 0.397 e. The van der Waals surface area contributed by atoms with Crippen LogP contribution in [-0.2, 0) is 0 Å². The zero-order valence-electron chi connectivity index (χ0n) is 13.4. The molecule has 0 heterocycles. The van der Waals surface area contributed by atoms with E-state index in [9.17, 15) is 10.2 Å². The molecule has 4 heteroatoms. The Morgan fingerprint density at radius 3 is 1.65 bits per heavy atom. The fourth-order valence-electron chi connectivity index (χ4n) is 7.22. The van der Waals surface area contributed by atoms with E-state index in [1.807, 2.05) is 0 Å². The van der Waals surface area contributed by atoms with Crippen molar-refractivity contribution in [1.82, 2.24) is 0 Å². The van der Waals surface area contributed by atoms with E-state index in [0.717, 1.165) is 0 Å². The van der Waals surface area contributed by atoms with Gasteiger partial charge in [-0.1, -0.05) is 0 Å². The first-order valence-electron chi connectivity index (χ1n) is 9.06. The summed E-state index contributed by atoms with van der Waals surface area (Å²) in [6, 6.07) is 4.23. The lowest BCUT2D eigenvalue weighted by atomic mass is 9.47. The molecule has 23 heavy (non-hydrogen) atoms. The molecule has 6 N–H and O–H groups in total. The van der Waals surface area contributed by atoms with Crippen LogP contribution in [0.3, 0.4) is 0 Å². The number of anilines is 2. The quantitative estimate of drug-likeness (QED) is 0.628. The van der Waals surface area contributed by atoms with Crippen LogP contribution in [0.2, 0.25) is 0 Å². The molecule has 0 aliphatic heterocycles. The molecular weight excluding hydrogens is 288 g/mol. The van der Waals surface area contributed by atoms with Gasteiger partial charge in [0.15, 0.2) is 0 Å². The van der Waals surface area contributed by atoms with E-state index in [4.69, 9.17) is 11.5 Å². The Hall–Kier alpha value is -1.26. The molecule has 4 nitrogen and oxygen atoms in total. The molecule has 8 atom stereocenters. The average molecular weight is 314 g/mol. The molecule has 5 aliphatic rings. The summed E-state index contributed by atoms with van der Waals surface area (Å²) < 4.78 is 0. The topological polar surface area (TPSA) is 92.5 Å². The zero-order chi connectivity index (χ0) is 15.9. The van der Waals surface area contributed by atoms with Crippen molar-refractivity contribution in [2.24, 2.45) is 35.5 Å². The van der Waals surface area contributed by atoms with Gasteiger partial charge in [-0.15, -0.1) is 0 Å². The first-order chi connectivity index (χ1) is 11.2. The number of benzene rings is 1. The van der Waals surface area contributed by atoms with Crippen LogP contribution >= 0.6 is 0 Å². The van der Waals surface area contributed by atoms with Gasteiger partial charge in [-0.05, 0) is 89.9 Å². The second-order valence-electron chi connectivity index (χ2n) is 8.31. The Labute approximate surface area is 136 Å².